The molecule has 8 heteroatoms. The summed E-state index contributed by atoms with van der Waals surface area (Å²) in [6.07, 6.45) is -0.928. The number of carbonyl (C=O) groups excluding carboxylic acids is 1. The molecule has 2 heterocycles. The molecule has 1 fully saturated rings. The average molecular weight is 459 g/mol. The molecule has 0 aliphatic carbocycles. The number of anilines is 1. The highest BCUT2D eigenvalue weighted by Gasteiger charge is 2.37. The molecular weight excluding hydrogens is 434 g/mol. The zero-order chi connectivity index (χ0) is 23.8. The number of nitrogens with one attached hydrogen (secondary N) is 1. The molecule has 1 aromatic heterocycles. The van der Waals surface area contributed by atoms with Crippen molar-refractivity contribution in [3.8, 4) is 0 Å². The van der Waals surface area contributed by atoms with Gasteiger partial charge in [-0.1, -0.05) is 24.3 Å². The second kappa shape index (κ2) is 9.00. The lowest BCUT2D eigenvalue weighted by Crippen LogP contribution is -2.42. The maximum absolute atomic E-state index is 15.8. The van der Waals surface area contributed by atoms with Crippen molar-refractivity contribution in [3.05, 3.63) is 71.2 Å². The SMILES string of the molecule is CC(=O)N1CCC(F)(c2ccc3nccc(NC(C)c4cccc(C(F)F)c4F)c3c2)CC1. The standard InChI is InChI=1S/C25H25F4N3O/c1-15(18-4-3-5-19(23(18)26)24(27)28)31-22-8-11-30-21-7-6-17(14-20(21)22)25(29)9-12-32(13-10-25)16(2)33/h3-8,11,14-15,24H,9-10,12-13H2,1-2H3,(H,30,31). The molecule has 4 rings (SSSR count). The minimum atomic E-state index is -2.91. The number of rotatable bonds is 5. The van der Waals surface area contributed by atoms with Crippen molar-refractivity contribution in [3.63, 3.8) is 0 Å². The molecule has 174 valence electrons. The Bertz CT molecular complexity index is 1180. The molecule has 1 aliphatic rings. The number of hydrogen-bond acceptors (Lipinski definition) is 3. The number of pyridine rings is 1. The third kappa shape index (κ3) is 4.51. The number of hydrogen-bond donors (Lipinski definition) is 1. The molecule has 1 aliphatic heterocycles. The van der Waals surface area contributed by atoms with Crippen LogP contribution < -0.4 is 5.32 Å². The van der Waals surface area contributed by atoms with Crippen LogP contribution in [0, 0.1) is 5.82 Å². The Labute approximate surface area is 189 Å². The molecular formula is C25H25F4N3O. The van der Waals surface area contributed by atoms with Crippen molar-refractivity contribution in [1.29, 1.82) is 0 Å². The fourth-order valence-corrected chi connectivity index (χ4v) is 4.40. The summed E-state index contributed by atoms with van der Waals surface area (Å²) >= 11 is 0. The number of carbonyl (C=O) groups is 1. The first kappa shape index (κ1) is 23.0. The normalized spacial score (nSPS) is 16.8. The molecule has 0 saturated carbocycles. The fraction of sp³-hybridized carbons (Fsp3) is 0.360. The molecule has 4 nitrogen and oxygen atoms in total. The first-order chi connectivity index (χ1) is 15.7. The predicted octanol–water partition coefficient (Wildman–Crippen LogP) is 6.29. The van der Waals surface area contributed by atoms with E-state index in [1.807, 2.05) is 0 Å². The topological polar surface area (TPSA) is 45.2 Å². The van der Waals surface area contributed by atoms with E-state index >= 15 is 4.39 Å². The van der Waals surface area contributed by atoms with Crippen LogP contribution in [-0.4, -0.2) is 28.9 Å². The second-order valence-corrected chi connectivity index (χ2v) is 8.48. The van der Waals surface area contributed by atoms with E-state index in [0.717, 1.165) is 6.07 Å². The molecule has 2 aromatic carbocycles. The van der Waals surface area contributed by atoms with Crippen LogP contribution in [0.3, 0.4) is 0 Å². The van der Waals surface area contributed by atoms with Gasteiger partial charge in [0.2, 0.25) is 5.91 Å². The minimum Gasteiger partial charge on any atom is -0.378 e. The van der Waals surface area contributed by atoms with Gasteiger partial charge in [0.15, 0.2) is 0 Å². The van der Waals surface area contributed by atoms with E-state index in [2.05, 4.69) is 10.3 Å². The minimum absolute atomic E-state index is 0.0663. The first-order valence-corrected chi connectivity index (χ1v) is 10.9. The van der Waals surface area contributed by atoms with Crippen molar-refractivity contribution in [2.24, 2.45) is 0 Å². The van der Waals surface area contributed by atoms with Gasteiger partial charge in [-0.2, -0.15) is 0 Å². The number of benzene rings is 2. The third-order valence-corrected chi connectivity index (χ3v) is 6.39. The van der Waals surface area contributed by atoms with Gasteiger partial charge in [-0.15, -0.1) is 0 Å². The Kier molecular flexibility index (Phi) is 6.28. The van der Waals surface area contributed by atoms with Crippen molar-refractivity contribution in [2.45, 2.75) is 44.8 Å². The summed E-state index contributed by atoms with van der Waals surface area (Å²) in [6, 6.07) is 10.2. The maximum atomic E-state index is 15.8. The van der Waals surface area contributed by atoms with Gasteiger partial charge in [-0.3, -0.25) is 9.78 Å². The van der Waals surface area contributed by atoms with Crippen molar-refractivity contribution in [2.75, 3.05) is 18.4 Å². The summed E-state index contributed by atoms with van der Waals surface area (Å²) < 4.78 is 56.6. The molecule has 3 aromatic rings. The molecule has 1 atom stereocenters. The number of fused-ring (bicyclic) bond motifs is 1. The Balaban J connectivity index is 1.64. The lowest BCUT2D eigenvalue weighted by molar-refractivity contribution is -0.131. The smallest absolute Gasteiger partial charge is 0.266 e. The van der Waals surface area contributed by atoms with Gasteiger partial charge in [0.1, 0.15) is 11.5 Å². The highest BCUT2D eigenvalue weighted by Crippen LogP contribution is 2.39. The summed E-state index contributed by atoms with van der Waals surface area (Å²) in [6.45, 7) is 3.85. The predicted molar refractivity (Wildman–Crippen MR) is 119 cm³/mol. The molecule has 0 spiro atoms. The summed E-state index contributed by atoms with van der Waals surface area (Å²) in [4.78, 5) is 17.6. The van der Waals surface area contributed by atoms with E-state index in [4.69, 9.17) is 0 Å². The van der Waals surface area contributed by atoms with E-state index in [0.29, 0.717) is 35.2 Å². The van der Waals surface area contributed by atoms with Crippen LogP contribution in [-0.2, 0) is 10.5 Å². The van der Waals surface area contributed by atoms with E-state index in [1.165, 1.54) is 19.1 Å². The van der Waals surface area contributed by atoms with Gasteiger partial charge in [0.05, 0.1) is 17.1 Å². The van der Waals surface area contributed by atoms with Crippen LogP contribution in [0.25, 0.3) is 10.9 Å². The van der Waals surface area contributed by atoms with Gasteiger partial charge in [0.25, 0.3) is 6.43 Å². The highest BCUT2D eigenvalue weighted by atomic mass is 19.3. The number of halogens is 4. The van der Waals surface area contributed by atoms with Crippen molar-refractivity contribution < 1.29 is 22.4 Å². The Hall–Kier alpha value is -3.16. The average Bonchev–Trinajstić information content (AvgIpc) is 2.79. The number of alkyl halides is 3. The van der Waals surface area contributed by atoms with Crippen LogP contribution in [0.4, 0.5) is 23.2 Å². The van der Waals surface area contributed by atoms with Crippen molar-refractivity contribution in [1.82, 2.24) is 9.88 Å². The molecule has 1 N–H and O–H groups in total. The van der Waals surface area contributed by atoms with Gasteiger partial charge >= 0.3 is 0 Å². The zero-order valence-electron chi connectivity index (χ0n) is 18.4. The largest absolute Gasteiger partial charge is 0.378 e. The molecule has 33 heavy (non-hydrogen) atoms. The Morgan fingerprint density at radius 2 is 1.82 bits per heavy atom. The lowest BCUT2D eigenvalue weighted by Gasteiger charge is -2.36. The Morgan fingerprint density at radius 3 is 2.48 bits per heavy atom. The van der Waals surface area contributed by atoms with Crippen molar-refractivity contribution >= 4 is 22.5 Å². The highest BCUT2D eigenvalue weighted by molar-refractivity contribution is 5.91. The van der Waals surface area contributed by atoms with E-state index < -0.39 is 29.5 Å². The van der Waals surface area contributed by atoms with Gasteiger partial charge in [-0.25, -0.2) is 17.6 Å². The van der Waals surface area contributed by atoms with Gasteiger partial charge in [-0.05, 0) is 30.7 Å². The molecule has 1 amide bonds. The quantitative estimate of drug-likeness (QED) is 0.456. The van der Waals surface area contributed by atoms with Crippen LogP contribution in [0.15, 0.2) is 48.7 Å². The molecule has 0 radical (unpaired) electrons. The van der Waals surface area contributed by atoms with Crippen LogP contribution in [0.1, 0.15) is 55.8 Å². The Morgan fingerprint density at radius 1 is 1.12 bits per heavy atom. The van der Waals surface area contributed by atoms with E-state index in [9.17, 15) is 18.0 Å². The third-order valence-electron chi connectivity index (χ3n) is 6.39. The number of likely N-dealkylation sites (tertiary alicyclic amines) is 1. The van der Waals surface area contributed by atoms with Gasteiger partial charge < -0.3 is 10.2 Å². The molecule has 1 unspecified atom stereocenters. The van der Waals surface area contributed by atoms with E-state index in [1.54, 1.807) is 42.3 Å². The number of aromatic nitrogens is 1. The first-order valence-electron chi connectivity index (χ1n) is 10.9. The second-order valence-electron chi connectivity index (χ2n) is 8.48. The number of nitrogens with zero attached hydrogens (tertiary/aromatic N) is 2. The van der Waals surface area contributed by atoms with Crippen LogP contribution >= 0.6 is 0 Å². The number of amides is 1. The lowest BCUT2D eigenvalue weighted by atomic mass is 9.85. The summed E-state index contributed by atoms with van der Waals surface area (Å²) in [5, 5.41) is 3.82. The van der Waals surface area contributed by atoms with E-state index in [-0.39, 0.29) is 24.3 Å². The zero-order valence-corrected chi connectivity index (χ0v) is 18.4. The summed E-state index contributed by atoms with van der Waals surface area (Å²) in [5.74, 6) is -1.00. The summed E-state index contributed by atoms with van der Waals surface area (Å²) in [5.41, 5.74) is -0.376. The van der Waals surface area contributed by atoms with Gasteiger partial charge in [0, 0.05) is 55.7 Å². The molecule has 0 bridgehead atoms. The van der Waals surface area contributed by atoms with Crippen LogP contribution in [0.5, 0.6) is 0 Å². The summed E-state index contributed by atoms with van der Waals surface area (Å²) in [7, 11) is 0. The fourth-order valence-electron chi connectivity index (χ4n) is 4.40. The molecule has 1 saturated heterocycles. The van der Waals surface area contributed by atoms with Crippen LogP contribution in [0.2, 0.25) is 0 Å². The maximum Gasteiger partial charge on any atom is 0.266 e. The number of piperidine rings is 1. The monoisotopic (exact) mass is 459 g/mol.